The number of aliphatic hydroxyl groups excluding tert-OH is 1. The van der Waals surface area contributed by atoms with Crippen molar-refractivity contribution >= 4 is 22.9 Å². The van der Waals surface area contributed by atoms with Crippen LogP contribution in [0.4, 0.5) is 11.8 Å². The lowest BCUT2D eigenvalue weighted by Gasteiger charge is -2.39. The molecule has 12 nitrogen and oxygen atoms in total. The Morgan fingerprint density at radius 2 is 1.52 bits per heavy atom. The Labute approximate surface area is 253 Å². The zero-order valence-corrected chi connectivity index (χ0v) is 24.2. The van der Waals surface area contributed by atoms with E-state index in [0.29, 0.717) is 22.7 Å². The standard InChI is InChI=1S/C32H32N6O6/c1-40-22-12-8-20(9-13-22)32(19-6-4-3-5-7-19,21-10-14-23(41-2)15-11-21)43-17-31-16-42-25(26(31)39)29(44-31)38-18-35-24-27(33)36-30(34)37-28(24)38/h3-15,18,25-26,29,39H,16-17H2,1-2H3,(H4,33,34,36,37)/t25?,26?,29-,31-/m1/s1. The highest BCUT2D eigenvalue weighted by molar-refractivity contribution is 5.82. The minimum absolute atomic E-state index is 0.00560. The Hall–Kier alpha value is -4.75. The second-order valence-electron chi connectivity index (χ2n) is 10.9. The predicted octanol–water partition coefficient (Wildman–Crippen LogP) is 3.04. The van der Waals surface area contributed by atoms with Gasteiger partial charge in [-0.15, -0.1) is 0 Å². The Balaban J connectivity index is 1.30. The van der Waals surface area contributed by atoms with Crippen LogP contribution in [0.2, 0.25) is 0 Å². The number of methoxy groups -OCH3 is 2. The SMILES string of the molecule is COc1ccc(C(OC[C@]23COC(C2O)[C@H](n2cnc4c(N)nc(N)nc42)O3)(c2ccccc2)c2ccc(OC)cc2)cc1. The average molecular weight is 597 g/mol. The number of aromatic nitrogens is 4. The molecule has 5 N–H and O–H groups in total. The van der Waals surface area contributed by atoms with Gasteiger partial charge < -0.3 is 40.3 Å². The number of ether oxygens (including phenoxy) is 5. The van der Waals surface area contributed by atoms with E-state index in [9.17, 15) is 5.11 Å². The third-order valence-corrected chi connectivity index (χ3v) is 8.45. The summed E-state index contributed by atoms with van der Waals surface area (Å²) < 4.78 is 32.4. The van der Waals surface area contributed by atoms with Gasteiger partial charge >= 0.3 is 0 Å². The lowest BCUT2D eigenvalue weighted by Crippen LogP contribution is -2.48. The third kappa shape index (κ3) is 4.34. The van der Waals surface area contributed by atoms with Crippen LogP contribution in [0.3, 0.4) is 0 Å². The van der Waals surface area contributed by atoms with Crippen molar-refractivity contribution in [2.75, 3.05) is 38.9 Å². The second-order valence-corrected chi connectivity index (χ2v) is 10.9. The smallest absolute Gasteiger partial charge is 0.224 e. The van der Waals surface area contributed by atoms with E-state index in [1.165, 1.54) is 6.33 Å². The van der Waals surface area contributed by atoms with Crippen molar-refractivity contribution < 1.29 is 28.8 Å². The summed E-state index contributed by atoms with van der Waals surface area (Å²) in [5.74, 6) is 1.59. The largest absolute Gasteiger partial charge is 0.497 e. The van der Waals surface area contributed by atoms with Gasteiger partial charge in [-0.2, -0.15) is 9.97 Å². The number of nitrogens with two attached hydrogens (primary N) is 2. The van der Waals surface area contributed by atoms with Crippen LogP contribution >= 0.6 is 0 Å². The third-order valence-electron chi connectivity index (χ3n) is 8.45. The zero-order valence-electron chi connectivity index (χ0n) is 24.2. The second kappa shape index (κ2) is 10.8. The summed E-state index contributed by atoms with van der Waals surface area (Å²) in [6.45, 7) is 0.108. The van der Waals surface area contributed by atoms with Crippen molar-refractivity contribution in [2.45, 2.75) is 29.6 Å². The maximum atomic E-state index is 11.6. The molecule has 2 fully saturated rings. The number of aliphatic hydroxyl groups is 1. The number of nitrogen functional groups attached to an aromatic ring is 2. The Morgan fingerprint density at radius 1 is 0.909 bits per heavy atom. The number of fused-ring (bicyclic) bond motifs is 3. The van der Waals surface area contributed by atoms with Crippen LogP contribution in [0.1, 0.15) is 22.9 Å². The van der Waals surface area contributed by atoms with E-state index in [0.717, 1.165) is 16.7 Å². The first-order valence-electron chi connectivity index (χ1n) is 14.1. The molecule has 44 heavy (non-hydrogen) atoms. The van der Waals surface area contributed by atoms with Crippen molar-refractivity contribution in [2.24, 2.45) is 0 Å². The number of hydrogen-bond acceptors (Lipinski definition) is 11. The molecular weight excluding hydrogens is 564 g/mol. The molecule has 3 aromatic carbocycles. The van der Waals surface area contributed by atoms with Gasteiger partial charge in [0.2, 0.25) is 5.95 Å². The van der Waals surface area contributed by atoms with Crippen LogP contribution in [0.5, 0.6) is 11.5 Å². The van der Waals surface area contributed by atoms with Crippen LogP contribution in [0.15, 0.2) is 85.2 Å². The van der Waals surface area contributed by atoms with E-state index >= 15 is 0 Å². The van der Waals surface area contributed by atoms with Gasteiger partial charge in [0.05, 0.1) is 33.8 Å². The molecule has 7 rings (SSSR count). The van der Waals surface area contributed by atoms with Crippen LogP contribution in [-0.4, -0.2) is 69.9 Å². The molecule has 4 atom stereocenters. The fourth-order valence-electron chi connectivity index (χ4n) is 6.19. The molecule has 0 amide bonds. The molecule has 4 heterocycles. The summed E-state index contributed by atoms with van der Waals surface area (Å²) in [5, 5.41) is 11.6. The van der Waals surface area contributed by atoms with Gasteiger partial charge in [-0.3, -0.25) is 4.57 Å². The molecule has 2 unspecified atom stereocenters. The Bertz CT molecular complexity index is 1730. The molecule has 0 radical (unpaired) electrons. The molecule has 12 heteroatoms. The molecule has 226 valence electrons. The number of benzene rings is 3. The Morgan fingerprint density at radius 3 is 2.14 bits per heavy atom. The van der Waals surface area contributed by atoms with Crippen LogP contribution < -0.4 is 20.9 Å². The maximum Gasteiger partial charge on any atom is 0.224 e. The first-order valence-corrected chi connectivity index (χ1v) is 14.1. The van der Waals surface area contributed by atoms with E-state index in [2.05, 4.69) is 15.0 Å². The van der Waals surface area contributed by atoms with Gasteiger partial charge in [-0.1, -0.05) is 54.6 Å². The lowest BCUT2D eigenvalue weighted by atomic mass is 9.79. The molecule has 0 aliphatic carbocycles. The van der Waals surface area contributed by atoms with Crippen molar-refractivity contribution in [1.82, 2.24) is 19.5 Å². The fraction of sp³-hybridized carbons (Fsp3) is 0.281. The number of imidazole rings is 1. The first kappa shape index (κ1) is 28.0. The topological polar surface area (TPSA) is 162 Å². The predicted molar refractivity (Wildman–Crippen MR) is 161 cm³/mol. The van der Waals surface area contributed by atoms with Crippen LogP contribution in [0, 0.1) is 0 Å². The monoisotopic (exact) mass is 596 g/mol. The highest BCUT2D eigenvalue weighted by Crippen LogP contribution is 2.49. The van der Waals surface area contributed by atoms with E-state index in [-0.39, 0.29) is 25.0 Å². The van der Waals surface area contributed by atoms with Gasteiger partial charge in [-0.05, 0) is 41.0 Å². The maximum absolute atomic E-state index is 11.6. The summed E-state index contributed by atoms with van der Waals surface area (Å²) >= 11 is 0. The van der Waals surface area contributed by atoms with E-state index in [4.69, 9.17) is 35.2 Å². The fourth-order valence-corrected chi connectivity index (χ4v) is 6.19. The quantitative estimate of drug-likeness (QED) is 0.214. The summed E-state index contributed by atoms with van der Waals surface area (Å²) in [4.78, 5) is 12.7. The minimum atomic E-state index is -1.20. The van der Waals surface area contributed by atoms with Gasteiger partial charge in [0.25, 0.3) is 0 Å². The summed E-state index contributed by atoms with van der Waals surface area (Å²) in [6.07, 6.45) is -0.939. The van der Waals surface area contributed by atoms with Gasteiger partial charge in [-0.25, -0.2) is 4.98 Å². The number of rotatable bonds is 9. The first-order chi connectivity index (χ1) is 21.4. The van der Waals surface area contributed by atoms with Crippen LogP contribution in [-0.2, 0) is 19.8 Å². The average Bonchev–Trinajstić information content (AvgIpc) is 3.71. The zero-order chi connectivity index (χ0) is 30.5. The van der Waals surface area contributed by atoms with E-state index in [1.54, 1.807) is 18.8 Å². The molecule has 0 spiro atoms. The molecule has 2 aliphatic rings. The van der Waals surface area contributed by atoms with Crippen molar-refractivity contribution in [3.8, 4) is 11.5 Å². The molecule has 2 aliphatic heterocycles. The van der Waals surface area contributed by atoms with Gasteiger partial charge in [0, 0.05) is 0 Å². The molecule has 0 saturated carbocycles. The molecular formula is C32H32N6O6. The summed E-state index contributed by atoms with van der Waals surface area (Å²) in [6, 6.07) is 25.4. The van der Waals surface area contributed by atoms with Gasteiger partial charge in [0.1, 0.15) is 40.4 Å². The number of anilines is 2. The number of nitrogens with zero attached hydrogens (tertiary/aromatic N) is 4. The lowest BCUT2D eigenvalue weighted by molar-refractivity contribution is -0.202. The molecule has 5 aromatic rings. The molecule has 2 bridgehead atoms. The Kier molecular flexibility index (Phi) is 6.85. The van der Waals surface area contributed by atoms with E-state index < -0.39 is 29.6 Å². The normalized spacial score (nSPS) is 22.8. The number of hydrogen-bond donors (Lipinski definition) is 3. The summed E-state index contributed by atoms with van der Waals surface area (Å²) in [5.41, 5.74) is 13.0. The molecule has 2 saturated heterocycles. The van der Waals surface area contributed by atoms with Crippen molar-refractivity contribution in [3.05, 3.63) is 102 Å². The van der Waals surface area contributed by atoms with Crippen molar-refractivity contribution in [1.29, 1.82) is 0 Å². The minimum Gasteiger partial charge on any atom is -0.497 e. The molecule has 2 aromatic heterocycles. The van der Waals surface area contributed by atoms with Gasteiger partial charge in [0.15, 0.2) is 17.7 Å². The van der Waals surface area contributed by atoms with E-state index in [1.807, 2.05) is 78.9 Å². The van der Waals surface area contributed by atoms with Crippen LogP contribution in [0.25, 0.3) is 11.2 Å². The highest BCUT2D eigenvalue weighted by atomic mass is 16.7. The summed E-state index contributed by atoms with van der Waals surface area (Å²) in [7, 11) is 3.25. The highest BCUT2D eigenvalue weighted by Gasteiger charge is 2.63. The van der Waals surface area contributed by atoms with Crippen molar-refractivity contribution in [3.63, 3.8) is 0 Å².